The van der Waals surface area contributed by atoms with Gasteiger partial charge in [-0.3, -0.25) is 0 Å². The van der Waals surface area contributed by atoms with Gasteiger partial charge in [-0.2, -0.15) is 0 Å². The first kappa shape index (κ1) is 53.6. The van der Waals surface area contributed by atoms with Crippen molar-refractivity contribution in [3.05, 3.63) is 130 Å². The third kappa shape index (κ3) is 21.6. The number of aryl methyl sites for hydroxylation is 2. The van der Waals surface area contributed by atoms with E-state index in [1.54, 1.807) is 0 Å². The summed E-state index contributed by atoms with van der Waals surface area (Å²) in [7, 11) is 0. The van der Waals surface area contributed by atoms with Gasteiger partial charge in [-0.1, -0.05) is 183 Å². The van der Waals surface area contributed by atoms with Gasteiger partial charge in [0.15, 0.2) is 0 Å². The van der Waals surface area contributed by atoms with Gasteiger partial charge in [-0.05, 0) is 173 Å². The molecule has 2 aliphatic carbocycles. The molecule has 4 aromatic carbocycles. The fourth-order valence-electron chi connectivity index (χ4n) is 9.82. The molecule has 0 amide bonds. The molecule has 0 unspecified atom stereocenters. The minimum atomic E-state index is 0.535. The van der Waals surface area contributed by atoms with Crippen molar-refractivity contribution in [2.75, 3.05) is 13.2 Å². The van der Waals surface area contributed by atoms with Crippen LogP contribution in [-0.2, 0) is 12.8 Å². The summed E-state index contributed by atoms with van der Waals surface area (Å²) >= 11 is 0. The van der Waals surface area contributed by atoms with E-state index in [1.165, 1.54) is 183 Å². The molecule has 6 rings (SSSR count). The van der Waals surface area contributed by atoms with E-state index in [-0.39, 0.29) is 0 Å². The summed E-state index contributed by atoms with van der Waals surface area (Å²) in [5.41, 5.74) is 8.28. The molecule has 0 radical (unpaired) electrons. The molecule has 0 aromatic heterocycles. The van der Waals surface area contributed by atoms with Crippen LogP contribution in [0.1, 0.15) is 233 Å². The Balaban J connectivity index is 0.000000251. The summed E-state index contributed by atoms with van der Waals surface area (Å²) in [6, 6.07) is 35.7. The Bertz CT molecular complexity index is 1970. The van der Waals surface area contributed by atoms with E-state index in [0.717, 1.165) is 48.7 Å². The quantitative estimate of drug-likeness (QED) is 0.0487. The van der Waals surface area contributed by atoms with E-state index in [1.807, 2.05) is 0 Å². The van der Waals surface area contributed by atoms with Crippen LogP contribution in [0.25, 0.3) is 0 Å². The Labute approximate surface area is 411 Å². The second kappa shape index (κ2) is 33.2. The highest BCUT2D eigenvalue weighted by molar-refractivity contribution is 5.40. The van der Waals surface area contributed by atoms with Gasteiger partial charge in [0.25, 0.3) is 0 Å². The summed E-state index contributed by atoms with van der Waals surface area (Å²) in [5, 5.41) is 0. The van der Waals surface area contributed by atoms with Crippen LogP contribution in [-0.4, -0.2) is 13.2 Å². The van der Waals surface area contributed by atoms with Crippen molar-refractivity contribution in [3.63, 3.8) is 0 Å². The number of benzene rings is 4. The summed E-state index contributed by atoms with van der Waals surface area (Å²) in [5.74, 6) is 18.3. The number of rotatable bonds is 25. The monoisotopic (exact) mass is 903 g/mol. The fraction of sp³-hybridized carbons (Fsp3) is 0.569. The van der Waals surface area contributed by atoms with E-state index in [2.05, 4.69) is 148 Å². The Morgan fingerprint density at radius 1 is 0.358 bits per heavy atom. The van der Waals surface area contributed by atoms with Gasteiger partial charge in [0.2, 0.25) is 0 Å². The molecule has 0 bridgehead atoms. The lowest BCUT2D eigenvalue weighted by Crippen LogP contribution is -2.12. The van der Waals surface area contributed by atoms with Gasteiger partial charge in [0, 0.05) is 23.0 Å². The zero-order valence-corrected chi connectivity index (χ0v) is 42.9. The highest BCUT2D eigenvalue weighted by Gasteiger charge is 2.22. The number of unbranched alkanes of at least 4 members (excludes halogenated alkanes) is 13. The van der Waals surface area contributed by atoms with Crippen molar-refractivity contribution in [1.29, 1.82) is 0 Å². The molecule has 2 heteroatoms. The van der Waals surface area contributed by atoms with Crippen LogP contribution in [0.2, 0.25) is 0 Å². The van der Waals surface area contributed by atoms with Crippen molar-refractivity contribution < 1.29 is 9.47 Å². The smallest absolute Gasteiger partial charge is 0.119 e. The maximum Gasteiger partial charge on any atom is 0.119 e. The second-order valence-corrected chi connectivity index (χ2v) is 20.0. The first-order valence-electron chi connectivity index (χ1n) is 27.7. The van der Waals surface area contributed by atoms with E-state index >= 15 is 0 Å². The largest absolute Gasteiger partial charge is 0.494 e. The molecule has 0 atom stereocenters. The average molecular weight is 903 g/mol. The normalized spacial score (nSPS) is 17.8. The van der Waals surface area contributed by atoms with Gasteiger partial charge in [-0.25, -0.2) is 0 Å². The van der Waals surface area contributed by atoms with Crippen molar-refractivity contribution >= 4 is 0 Å². The molecule has 0 aliphatic heterocycles. The molecule has 0 N–H and O–H groups in total. The van der Waals surface area contributed by atoms with E-state index in [9.17, 15) is 0 Å². The Morgan fingerprint density at radius 2 is 0.687 bits per heavy atom. The third-order valence-electron chi connectivity index (χ3n) is 14.3. The van der Waals surface area contributed by atoms with Crippen LogP contribution in [0.15, 0.2) is 97.1 Å². The first-order chi connectivity index (χ1) is 33.1. The predicted octanol–water partition coefficient (Wildman–Crippen LogP) is 18.6. The van der Waals surface area contributed by atoms with E-state index < -0.39 is 0 Å². The lowest BCUT2D eigenvalue weighted by Gasteiger charge is -2.26. The lowest BCUT2D eigenvalue weighted by molar-refractivity contribution is 0.305. The second-order valence-electron chi connectivity index (χ2n) is 20.0. The van der Waals surface area contributed by atoms with Gasteiger partial charge < -0.3 is 9.47 Å². The SMILES string of the molecule is CCCCCCCc1ccc(C2CCC(C#Cc3ccc(OCCCCCC)cc3)CC2)cc1.CCCCCCOc1ccc(C#CC2CCC(c3ccc(CCCCCC)cc3)CC2)cc1. The van der Waals surface area contributed by atoms with Crippen LogP contribution in [0, 0.1) is 35.5 Å². The summed E-state index contributed by atoms with van der Waals surface area (Å²) < 4.78 is 11.7. The highest BCUT2D eigenvalue weighted by Crippen LogP contribution is 2.37. The van der Waals surface area contributed by atoms with Crippen LogP contribution in [0.5, 0.6) is 11.5 Å². The molecule has 2 aliphatic rings. The summed E-state index contributed by atoms with van der Waals surface area (Å²) in [6.07, 6.45) is 34.5. The van der Waals surface area contributed by atoms with Crippen LogP contribution < -0.4 is 9.47 Å². The third-order valence-corrected chi connectivity index (χ3v) is 14.3. The molecular formula is C65H90O2. The average Bonchev–Trinajstić information content (AvgIpc) is 3.38. The lowest BCUT2D eigenvalue weighted by atomic mass is 9.78. The fourth-order valence-corrected chi connectivity index (χ4v) is 9.82. The van der Waals surface area contributed by atoms with Crippen molar-refractivity contribution in [3.8, 4) is 35.2 Å². The molecule has 2 fully saturated rings. The number of ether oxygens (including phenoxy) is 2. The van der Waals surface area contributed by atoms with E-state index in [0.29, 0.717) is 23.7 Å². The van der Waals surface area contributed by atoms with E-state index in [4.69, 9.17) is 9.47 Å². The number of hydrogen-bond acceptors (Lipinski definition) is 2. The van der Waals surface area contributed by atoms with Gasteiger partial charge >= 0.3 is 0 Å². The summed E-state index contributed by atoms with van der Waals surface area (Å²) in [4.78, 5) is 0. The summed E-state index contributed by atoms with van der Waals surface area (Å²) in [6.45, 7) is 10.7. The molecule has 2 saturated carbocycles. The van der Waals surface area contributed by atoms with Crippen LogP contribution in [0.4, 0.5) is 0 Å². The maximum absolute atomic E-state index is 5.85. The molecule has 0 spiro atoms. The minimum Gasteiger partial charge on any atom is -0.494 e. The Morgan fingerprint density at radius 3 is 1.04 bits per heavy atom. The first-order valence-corrected chi connectivity index (χ1v) is 27.7. The van der Waals surface area contributed by atoms with Crippen molar-refractivity contribution in [1.82, 2.24) is 0 Å². The molecule has 362 valence electrons. The zero-order chi connectivity index (χ0) is 47.0. The molecule has 2 nitrogen and oxygen atoms in total. The topological polar surface area (TPSA) is 18.5 Å². The van der Waals surface area contributed by atoms with Crippen LogP contribution >= 0.6 is 0 Å². The highest BCUT2D eigenvalue weighted by atomic mass is 16.5. The molecule has 4 aromatic rings. The van der Waals surface area contributed by atoms with Gasteiger partial charge in [0.05, 0.1) is 13.2 Å². The van der Waals surface area contributed by atoms with Gasteiger partial charge in [-0.15, -0.1) is 0 Å². The van der Waals surface area contributed by atoms with Crippen molar-refractivity contribution in [2.45, 2.75) is 213 Å². The predicted molar refractivity (Wildman–Crippen MR) is 289 cm³/mol. The molecular weight excluding hydrogens is 813 g/mol. The van der Waals surface area contributed by atoms with Gasteiger partial charge in [0.1, 0.15) is 11.5 Å². The Kier molecular flexibility index (Phi) is 26.5. The maximum atomic E-state index is 5.85. The van der Waals surface area contributed by atoms with Crippen LogP contribution in [0.3, 0.4) is 0 Å². The number of hydrogen-bond donors (Lipinski definition) is 0. The molecule has 0 saturated heterocycles. The Hall–Kier alpha value is -4.40. The zero-order valence-electron chi connectivity index (χ0n) is 42.9. The van der Waals surface area contributed by atoms with Crippen molar-refractivity contribution in [2.24, 2.45) is 11.8 Å². The molecule has 67 heavy (non-hydrogen) atoms. The minimum absolute atomic E-state index is 0.535. The standard InChI is InChI=1S/C33H46O.C32H44O/c1-3-5-7-9-10-12-28-15-21-31(22-16-28)32-23-17-29(18-24-32)13-14-30-19-25-33(26-20-30)34-27-11-8-6-4-2;1-3-5-7-9-11-27-14-20-30(21-15-27)31-22-16-28(17-23-31)12-13-29-18-24-32(25-19-29)33-26-10-8-6-4-2/h15-16,19-22,25-26,29,32H,3-12,17-18,23-24,27H2,1-2H3;14-15,18-21,24-25,28,31H,3-11,16-17,22-23,26H2,1-2H3. The molecule has 0 heterocycles.